The van der Waals surface area contributed by atoms with E-state index in [9.17, 15) is 9.90 Å². The predicted octanol–water partition coefficient (Wildman–Crippen LogP) is 1.44. The fraction of sp³-hybridized carbons (Fsp3) is 0.500. The average Bonchev–Trinajstić information content (AvgIpc) is 2.30. The van der Waals surface area contributed by atoms with Gasteiger partial charge >= 0.3 is 5.97 Å². The zero-order chi connectivity index (χ0) is 12.3. The number of rotatable bonds is 3. The number of ether oxygens (including phenoxy) is 1. The molecule has 2 rings (SSSR count). The highest BCUT2D eigenvalue weighted by atomic mass is 16.5. The van der Waals surface area contributed by atoms with E-state index in [4.69, 9.17) is 4.74 Å². The van der Waals surface area contributed by atoms with Gasteiger partial charge in [-0.25, -0.2) is 4.79 Å². The molecular weight excluding hydrogens is 220 g/mol. The number of hydrogen-bond acceptors (Lipinski definition) is 4. The fourth-order valence-electron chi connectivity index (χ4n) is 2.01. The zero-order valence-electron chi connectivity index (χ0n) is 9.77. The van der Waals surface area contributed by atoms with Crippen molar-refractivity contribution in [1.29, 1.82) is 0 Å². The van der Waals surface area contributed by atoms with Crippen molar-refractivity contribution < 1.29 is 14.6 Å². The molecule has 0 amide bonds. The molecule has 92 valence electrons. The summed E-state index contributed by atoms with van der Waals surface area (Å²) in [5.74, 6) is -0.824. The molecule has 1 aliphatic rings. The molecule has 17 heavy (non-hydrogen) atoms. The third kappa shape index (κ3) is 2.55. The van der Waals surface area contributed by atoms with Crippen molar-refractivity contribution >= 4 is 11.7 Å². The number of carboxylic acids is 1. The Kier molecular flexibility index (Phi) is 3.28. The summed E-state index contributed by atoms with van der Waals surface area (Å²) in [4.78, 5) is 15.5. The quantitative estimate of drug-likeness (QED) is 0.830. The second-order valence-electron chi connectivity index (χ2n) is 4.31. The lowest BCUT2D eigenvalue weighted by molar-refractivity contribution is -0.145. The normalized spacial score (nSPS) is 18.6. The molecule has 0 spiro atoms. The molecule has 0 radical (unpaired) electrons. The van der Waals surface area contributed by atoms with Gasteiger partial charge in [-0.1, -0.05) is 0 Å². The van der Waals surface area contributed by atoms with Gasteiger partial charge in [0, 0.05) is 43.6 Å². The maximum atomic E-state index is 11.4. The first-order valence-electron chi connectivity index (χ1n) is 5.64. The average molecular weight is 236 g/mol. The van der Waals surface area contributed by atoms with Crippen LogP contribution in [-0.4, -0.2) is 34.8 Å². The summed E-state index contributed by atoms with van der Waals surface area (Å²) < 4.78 is 5.22. The summed E-state index contributed by atoms with van der Waals surface area (Å²) in [6, 6.07) is 3.63. The molecule has 0 aliphatic carbocycles. The van der Waals surface area contributed by atoms with Crippen molar-refractivity contribution in [3.05, 3.63) is 24.0 Å². The Hall–Kier alpha value is -1.62. The fourth-order valence-corrected chi connectivity index (χ4v) is 2.01. The van der Waals surface area contributed by atoms with E-state index in [0.29, 0.717) is 26.1 Å². The van der Waals surface area contributed by atoms with E-state index in [1.807, 2.05) is 13.0 Å². The van der Waals surface area contributed by atoms with Gasteiger partial charge in [-0.15, -0.1) is 0 Å². The van der Waals surface area contributed by atoms with Crippen LogP contribution >= 0.6 is 0 Å². The SMILES string of the molecule is Cc1cc(NC2(C(=O)O)CCOCC2)ccn1. The van der Waals surface area contributed by atoms with Gasteiger partial charge in [0.1, 0.15) is 5.54 Å². The van der Waals surface area contributed by atoms with Gasteiger partial charge in [0.25, 0.3) is 0 Å². The van der Waals surface area contributed by atoms with Crippen LogP contribution in [-0.2, 0) is 9.53 Å². The zero-order valence-corrected chi connectivity index (χ0v) is 9.77. The summed E-state index contributed by atoms with van der Waals surface area (Å²) in [5, 5.41) is 12.5. The van der Waals surface area contributed by atoms with Crippen molar-refractivity contribution in [3.63, 3.8) is 0 Å². The van der Waals surface area contributed by atoms with Crippen LogP contribution in [0, 0.1) is 6.92 Å². The first-order chi connectivity index (χ1) is 8.12. The number of anilines is 1. The molecule has 1 saturated heterocycles. The van der Waals surface area contributed by atoms with Crippen LogP contribution in [0.25, 0.3) is 0 Å². The highest BCUT2D eigenvalue weighted by Crippen LogP contribution is 2.26. The number of aliphatic carboxylic acids is 1. The van der Waals surface area contributed by atoms with E-state index in [1.165, 1.54) is 0 Å². The number of pyridine rings is 1. The number of aryl methyl sites for hydroxylation is 1. The Labute approximate surface area is 99.8 Å². The standard InChI is InChI=1S/C12H16N2O3/c1-9-8-10(2-5-13-9)14-12(11(15)16)3-6-17-7-4-12/h2,5,8H,3-4,6-7H2,1H3,(H,13,14)(H,15,16). The molecule has 1 aliphatic heterocycles. The molecule has 0 unspecified atom stereocenters. The van der Waals surface area contributed by atoms with Crippen molar-refractivity contribution in [3.8, 4) is 0 Å². The summed E-state index contributed by atoms with van der Waals surface area (Å²) in [5.41, 5.74) is 0.746. The van der Waals surface area contributed by atoms with Crippen LogP contribution in [0.5, 0.6) is 0 Å². The Morgan fingerprint density at radius 3 is 2.82 bits per heavy atom. The van der Waals surface area contributed by atoms with E-state index < -0.39 is 11.5 Å². The Morgan fingerprint density at radius 1 is 1.53 bits per heavy atom. The van der Waals surface area contributed by atoms with Gasteiger partial charge in [0.05, 0.1) is 0 Å². The largest absolute Gasteiger partial charge is 0.480 e. The van der Waals surface area contributed by atoms with Crippen LogP contribution in [0.3, 0.4) is 0 Å². The van der Waals surface area contributed by atoms with E-state index in [1.54, 1.807) is 12.3 Å². The van der Waals surface area contributed by atoms with Gasteiger partial charge < -0.3 is 15.2 Å². The van der Waals surface area contributed by atoms with E-state index in [2.05, 4.69) is 10.3 Å². The predicted molar refractivity (Wildman–Crippen MR) is 63.0 cm³/mol. The summed E-state index contributed by atoms with van der Waals surface area (Å²) in [6.45, 7) is 2.83. The molecule has 1 fully saturated rings. The minimum atomic E-state index is -0.911. The molecule has 5 heteroatoms. The monoisotopic (exact) mass is 236 g/mol. The molecule has 0 bridgehead atoms. The lowest BCUT2D eigenvalue weighted by Crippen LogP contribution is -2.50. The molecule has 5 nitrogen and oxygen atoms in total. The lowest BCUT2D eigenvalue weighted by Gasteiger charge is -2.34. The van der Waals surface area contributed by atoms with Crippen LogP contribution in [0.4, 0.5) is 5.69 Å². The molecule has 0 atom stereocenters. The number of hydrogen-bond donors (Lipinski definition) is 2. The third-order valence-corrected chi connectivity index (χ3v) is 3.04. The second-order valence-corrected chi connectivity index (χ2v) is 4.31. The van der Waals surface area contributed by atoms with Gasteiger partial charge in [0.2, 0.25) is 0 Å². The van der Waals surface area contributed by atoms with Gasteiger partial charge in [-0.05, 0) is 19.1 Å². The van der Waals surface area contributed by atoms with Crippen molar-refractivity contribution in [2.75, 3.05) is 18.5 Å². The number of aromatic nitrogens is 1. The topological polar surface area (TPSA) is 71.5 Å². The first kappa shape index (κ1) is 11.9. The van der Waals surface area contributed by atoms with Gasteiger partial charge in [0.15, 0.2) is 0 Å². The van der Waals surface area contributed by atoms with E-state index in [0.717, 1.165) is 11.4 Å². The van der Waals surface area contributed by atoms with Crippen LogP contribution < -0.4 is 5.32 Å². The number of carbonyl (C=O) groups is 1. The highest BCUT2D eigenvalue weighted by Gasteiger charge is 2.40. The van der Waals surface area contributed by atoms with E-state index in [-0.39, 0.29) is 0 Å². The number of carboxylic acid groups (broad SMARTS) is 1. The minimum Gasteiger partial charge on any atom is -0.480 e. The van der Waals surface area contributed by atoms with Gasteiger partial charge in [-0.2, -0.15) is 0 Å². The van der Waals surface area contributed by atoms with Crippen molar-refractivity contribution in [2.24, 2.45) is 0 Å². The summed E-state index contributed by atoms with van der Waals surface area (Å²) >= 11 is 0. The van der Waals surface area contributed by atoms with Gasteiger partial charge in [-0.3, -0.25) is 4.98 Å². The summed E-state index contributed by atoms with van der Waals surface area (Å²) in [6.07, 6.45) is 2.62. The molecule has 1 aromatic heterocycles. The molecule has 2 heterocycles. The first-order valence-corrected chi connectivity index (χ1v) is 5.64. The molecule has 1 aromatic rings. The maximum Gasteiger partial charge on any atom is 0.329 e. The number of nitrogens with one attached hydrogen (secondary N) is 1. The number of nitrogens with zero attached hydrogens (tertiary/aromatic N) is 1. The van der Waals surface area contributed by atoms with E-state index >= 15 is 0 Å². The van der Waals surface area contributed by atoms with Crippen LogP contribution in [0.2, 0.25) is 0 Å². The molecular formula is C12H16N2O3. The van der Waals surface area contributed by atoms with Crippen molar-refractivity contribution in [2.45, 2.75) is 25.3 Å². The van der Waals surface area contributed by atoms with Crippen molar-refractivity contribution in [1.82, 2.24) is 4.98 Å². The highest BCUT2D eigenvalue weighted by molar-refractivity contribution is 5.83. The maximum absolute atomic E-state index is 11.4. The Balaban J connectivity index is 2.20. The second kappa shape index (κ2) is 4.71. The van der Waals surface area contributed by atoms with Crippen LogP contribution in [0.15, 0.2) is 18.3 Å². The summed E-state index contributed by atoms with van der Waals surface area (Å²) in [7, 11) is 0. The minimum absolute atomic E-state index is 0.476. The molecule has 0 saturated carbocycles. The molecule has 2 N–H and O–H groups in total. The molecule has 0 aromatic carbocycles. The Morgan fingerprint density at radius 2 is 2.24 bits per heavy atom. The lowest BCUT2D eigenvalue weighted by atomic mass is 9.90. The smallest absolute Gasteiger partial charge is 0.329 e. The van der Waals surface area contributed by atoms with Crippen LogP contribution in [0.1, 0.15) is 18.5 Å². The third-order valence-electron chi connectivity index (χ3n) is 3.04. The Bertz CT molecular complexity index is 414.